The lowest BCUT2D eigenvalue weighted by Gasteiger charge is -2.22. The Hall–Kier alpha value is -2.62. The van der Waals surface area contributed by atoms with Crippen LogP contribution in [0.4, 0.5) is 5.69 Å². The van der Waals surface area contributed by atoms with Crippen LogP contribution in [0.3, 0.4) is 0 Å². The van der Waals surface area contributed by atoms with Crippen molar-refractivity contribution in [1.82, 2.24) is 0 Å². The number of carbonyl (C=O) groups is 1. The summed E-state index contributed by atoms with van der Waals surface area (Å²) >= 11 is 0. The standard InChI is InChI=1S/C16H13NO3/c18-10-15-13-8-4-5-9-14(13)17-16(20-15)11-19-12-6-2-1-3-7-12/h1-10,15H,11H2. The van der Waals surface area contributed by atoms with Crippen molar-refractivity contribution >= 4 is 17.9 Å². The molecular weight excluding hydrogens is 254 g/mol. The second-order valence-corrected chi connectivity index (χ2v) is 4.34. The summed E-state index contributed by atoms with van der Waals surface area (Å²) in [6.45, 7) is 0.197. The van der Waals surface area contributed by atoms with Crippen molar-refractivity contribution in [3.05, 3.63) is 60.2 Å². The zero-order valence-electron chi connectivity index (χ0n) is 10.7. The molecule has 3 rings (SSSR count). The van der Waals surface area contributed by atoms with Crippen LogP contribution in [0.25, 0.3) is 0 Å². The van der Waals surface area contributed by atoms with Gasteiger partial charge in [-0.1, -0.05) is 36.4 Å². The molecular formula is C16H13NO3. The van der Waals surface area contributed by atoms with Gasteiger partial charge >= 0.3 is 0 Å². The first-order chi connectivity index (χ1) is 9.86. The molecule has 0 radical (unpaired) electrons. The van der Waals surface area contributed by atoms with Crippen molar-refractivity contribution in [1.29, 1.82) is 0 Å². The molecule has 2 aromatic rings. The van der Waals surface area contributed by atoms with Crippen LogP contribution < -0.4 is 4.74 Å². The number of aliphatic imine (C=N–C) groups is 1. The highest BCUT2D eigenvalue weighted by Gasteiger charge is 2.23. The van der Waals surface area contributed by atoms with Crippen molar-refractivity contribution in [2.75, 3.05) is 6.61 Å². The van der Waals surface area contributed by atoms with E-state index in [-0.39, 0.29) is 6.61 Å². The molecule has 1 unspecified atom stereocenters. The number of aldehydes is 1. The lowest BCUT2D eigenvalue weighted by molar-refractivity contribution is -0.114. The van der Waals surface area contributed by atoms with E-state index in [1.807, 2.05) is 54.6 Å². The maximum atomic E-state index is 11.1. The number of hydrogen-bond acceptors (Lipinski definition) is 4. The Morgan fingerprint density at radius 2 is 1.85 bits per heavy atom. The van der Waals surface area contributed by atoms with Gasteiger partial charge in [-0.05, 0) is 18.2 Å². The summed E-state index contributed by atoms with van der Waals surface area (Å²) in [5.74, 6) is 1.14. The van der Waals surface area contributed by atoms with E-state index in [9.17, 15) is 4.79 Å². The number of para-hydroxylation sites is 2. The molecule has 4 heteroatoms. The average Bonchev–Trinajstić information content (AvgIpc) is 2.53. The third-order valence-corrected chi connectivity index (χ3v) is 2.98. The predicted octanol–water partition coefficient (Wildman–Crippen LogP) is 3.07. The smallest absolute Gasteiger partial charge is 0.228 e. The largest absolute Gasteiger partial charge is 0.484 e. The van der Waals surface area contributed by atoms with Crippen LogP contribution in [0, 0.1) is 0 Å². The molecule has 0 amide bonds. The number of carbonyl (C=O) groups excluding carboxylic acids is 1. The SMILES string of the molecule is O=CC1OC(COc2ccccc2)=Nc2ccccc21. The van der Waals surface area contributed by atoms with Crippen LogP contribution in [0.2, 0.25) is 0 Å². The molecule has 1 atom stereocenters. The summed E-state index contributed by atoms with van der Waals surface area (Å²) in [7, 11) is 0. The second kappa shape index (κ2) is 5.57. The van der Waals surface area contributed by atoms with Crippen molar-refractivity contribution in [3.8, 4) is 5.75 Å². The van der Waals surface area contributed by atoms with Crippen LogP contribution >= 0.6 is 0 Å². The van der Waals surface area contributed by atoms with Gasteiger partial charge in [-0.25, -0.2) is 4.99 Å². The highest BCUT2D eigenvalue weighted by atomic mass is 16.5. The van der Waals surface area contributed by atoms with Crippen LogP contribution in [-0.2, 0) is 9.53 Å². The molecule has 1 aliphatic rings. The average molecular weight is 267 g/mol. The molecule has 20 heavy (non-hydrogen) atoms. The summed E-state index contributed by atoms with van der Waals surface area (Å²) in [6.07, 6.45) is 0.161. The molecule has 0 N–H and O–H groups in total. The van der Waals surface area contributed by atoms with E-state index in [1.165, 1.54) is 0 Å². The van der Waals surface area contributed by atoms with Crippen molar-refractivity contribution in [2.24, 2.45) is 4.99 Å². The Bertz CT molecular complexity index is 637. The summed E-state index contributed by atoms with van der Waals surface area (Å²) in [6, 6.07) is 16.8. The number of fused-ring (bicyclic) bond motifs is 1. The topological polar surface area (TPSA) is 47.9 Å². The normalized spacial score (nSPS) is 16.6. The second-order valence-electron chi connectivity index (χ2n) is 4.34. The van der Waals surface area contributed by atoms with E-state index >= 15 is 0 Å². The van der Waals surface area contributed by atoms with Gasteiger partial charge < -0.3 is 9.47 Å². The highest BCUT2D eigenvalue weighted by Crippen LogP contribution is 2.31. The maximum absolute atomic E-state index is 11.1. The van der Waals surface area contributed by atoms with Crippen LogP contribution in [0.1, 0.15) is 11.7 Å². The van der Waals surface area contributed by atoms with Crippen molar-refractivity contribution in [3.63, 3.8) is 0 Å². The number of rotatable bonds is 4. The quantitative estimate of drug-likeness (QED) is 0.800. The van der Waals surface area contributed by atoms with Gasteiger partial charge in [0, 0.05) is 5.56 Å². The minimum atomic E-state index is -0.613. The monoisotopic (exact) mass is 267 g/mol. The number of benzene rings is 2. The Morgan fingerprint density at radius 1 is 1.10 bits per heavy atom. The predicted molar refractivity (Wildman–Crippen MR) is 75.4 cm³/mol. The number of ether oxygens (including phenoxy) is 2. The van der Waals surface area contributed by atoms with Crippen LogP contribution in [0.5, 0.6) is 5.75 Å². The minimum Gasteiger partial charge on any atom is -0.484 e. The Kier molecular flexibility index (Phi) is 3.46. The molecule has 2 aromatic carbocycles. The molecule has 4 nitrogen and oxygen atoms in total. The van der Waals surface area contributed by atoms with Gasteiger partial charge in [0.1, 0.15) is 5.75 Å². The Labute approximate surface area is 116 Å². The number of hydrogen-bond donors (Lipinski definition) is 0. The van der Waals surface area contributed by atoms with E-state index in [0.29, 0.717) is 5.90 Å². The van der Waals surface area contributed by atoms with E-state index in [1.54, 1.807) is 0 Å². The van der Waals surface area contributed by atoms with E-state index in [2.05, 4.69) is 4.99 Å². The molecule has 0 aromatic heterocycles. The molecule has 100 valence electrons. The van der Waals surface area contributed by atoms with Gasteiger partial charge in [0.25, 0.3) is 0 Å². The van der Waals surface area contributed by atoms with Gasteiger partial charge in [0.15, 0.2) is 19.0 Å². The Balaban J connectivity index is 1.78. The molecule has 0 saturated heterocycles. The summed E-state index contributed by atoms with van der Waals surface area (Å²) in [5.41, 5.74) is 1.54. The summed E-state index contributed by atoms with van der Waals surface area (Å²) in [4.78, 5) is 15.5. The molecule has 0 spiro atoms. The van der Waals surface area contributed by atoms with Gasteiger partial charge in [-0.2, -0.15) is 0 Å². The summed E-state index contributed by atoms with van der Waals surface area (Å²) < 4.78 is 11.1. The first-order valence-electron chi connectivity index (χ1n) is 6.33. The fraction of sp³-hybridized carbons (Fsp3) is 0.125. The number of nitrogens with zero attached hydrogens (tertiary/aromatic N) is 1. The molecule has 0 bridgehead atoms. The Morgan fingerprint density at radius 3 is 2.65 bits per heavy atom. The van der Waals surface area contributed by atoms with E-state index in [4.69, 9.17) is 9.47 Å². The minimum absolute atomic E-state index is 0.197. The van der Waals surface area contributed by atoms with Gasteiger partial charge in [-0.15, -0.1) is 0 Å². The molecule has 0 fully saturated rings. The van der Waals surface area contributed by atoms with Crippen molar-refractivity contribution in [2.45, 2.75) is 6.10 Å². The zero-order valence-corrected chi connectivity index (χ0v) is 10.7. The van der Waals surface area contributed by atoms with Gasteiger partial charge in [0.05, 0.1) is 5.69 Å². The van der Waals surface area contributed by atoms with Crippen LogP contribution in [-0.4, -0.2) is 18.8 Å². The first kappa shape index (κ1) is 12.4. The van der Waals surface area contributed by atoms with E-state index in [0.717, 1.165) is 23.3 Å². The molecule has 1 heterocycles. The first-order valence-corrected chi connectivity index (χ1v) is 6.33. The van der Waals surface area contributed by atoms with Crippen molar-refractivity contribution < 1.29 is 14.3 Å². The van der Waals surface area contributed by atoms with Gasteiger partial charge in [0.2, 0.25) is 5.90 Å². The third-order valence-electron chi connectivity index (χ3n) is 2.98. The maximum Gasteiger partial charge on any atom is 0.228 e. The molecule has 0 aliphatic carbocycles. The highest BCUT2D eigenvalue weighted by molar-refractivity contribution is 5.86. The molecule has 0 saturated carbocycles. The lowest BCUT2D eigenvalue weighted by atomic mass is 10.1. The zero-order chi connectivity index (χ0) is 13.8. The van der Waals surface area contributed by atoms with Crippen LogP contribution in [0.15, 0.2) is 59.6 Å². The van der Waals surface area contributed by atoms with E-state index < -0.39 is 6.10 Å². The fourth-order valence-corrected chi connectivity index (χ4v) is 2.03. The summed E-state index contributed by atoms with van der Waals surface area (Å²) in [5, 5.41) is 0. The third kappa shape index (κ3) is 2.54. The lowest BCUT2D eigenvalue weighted by Crippen LogP contribution is -2.22. The molecule has 1 aliphatic heterocycles. The van der Waals surface area contributed by atoms with Gasteiger partial charge in [-0.3, -0.25) is 4.79 Å². The fourth-order valence-electron chi connectivity index (χ4n) is 2.03.